The van der Waals surface area contributed by atoms with Gasteiger partial charge < -0.3 is 9.84 Å². The van der Waals surface area contributed by atoms with Gasteiger partial charge in [-0.05, 0) is 19.1 Å². The van der Waals surface area contributed by atoms with Crippen molar-refractivity contribution in [2.45, 2.75) is 19.5 Å². The fraction of sp³-hybridized carbons (Fsp3) is 0.231. The van der Waals surface area contributed by atoms with Crippen LogP contribution < -0.4 is 5.32 Å². The molecular weight excluding hydrogens is 273 g/mol. The second kappa shape index (κ2) is 5.36. The molecule has 0 atom stereocenters. The molecule has 2 aromatic rings. The van der Waals surface area contributed by atoms with Gasteiger partial charge in [-0.3, -0.25) is 4.79 Å². The summed E-state index contributed by atoms with van der Waals surface area (Å²) >= 11 is 0. The summed E-state index contributed by atoms with van der Waals surface area (Å²) in [5, 5.41) is 5.84. The maximum atomic E-state index is 12.8. The van der Waals surface area contributed by atoms with Gasteiger partial charge in [-0.1, -0.05) is 17.3 Å². The van der Waals surface area contributed by atoms with E-state index in [1.54, 1.807) is 13.0 Å². The number of carbonyl (C=O) groups is 1. The predicted molar refractivity (Wildman–Crippen MR) is 65.0 cm³/mol. The van der Waals surface area contributed by atoms with E-state index in [1.807, 2.05) is 0 Å². The molecule has 1 aromatic heterocycles. The van der Waals surface area contributed by atoms with Crippen LogP contribution in [-0.4, -0.2) is 11.1 Å². The highest BCUT2D eigenvalue weighted by Gasteiger charge is 2.33. The molecule has 0 aliphatic heterocycles. The van der Waals surface area contributed by atoms with Gasteiger partial charge in [-0.25, -0.2) is 0 Å². The minimum absolute atomic E-state index is 0.149. The quantitative estimate of drug-likeness (QED) is 0.941. The van der Waals surface area contributed by atoms with Crippen LogP contribution in [-0.2, 0) is 17.4 Å². The number of carbonyl (C=O) groups excluding carboxylic acids is 1. The summed E-state index contributed by atoms with van der Waals surface area (Å²) in [7, 11) is 0. The maximum absolute atomic E-state index is 12.8. The third kappa shape index (κ3) is 3.37. The molecule has 0 unspecified atom stereocenters. The number of hydrogen-bond acceptors (Lipinski definition) is 3. The summed E-state index contributed by atoms with van der Waals surface area (Å²) in [5.41, 5.74) is -0.792. The molecule has 20 heavy (non-hydrogen) atoms. The van der Waals surface area contributed by atoms with E-state index in [-0.39, 0.29) is 12.1 Å². The smallest absolute Gasteiger partial charge is 0.361 e. The Kier molecular flexibility index (Phi) is 3.78. The number of nitrogens with zero attached hydrogens (tertiary/aromatic N) is 1. The molecule has 1 N–H and O–H groups in total. The molecular formula is C13H11F3N2O2. The van der Waals surface area contributed by atoms with Crippen LogP contribution >= 0.6 is 0 Å². The molecule has 0 aliphatic carbocycles. The SMILES string of the molecule is Cc1cc(CC(=O)Nc2ccccc2C(F)(F)F)no1. The Bertz CT molecular complexity index is 620. The summed E-state index contributed by atoms with van der Waals surface area (Å²) in [5.74, 6) is -0.0570. The monoisotopic (exact) mass is 284 g/mol. The molecule has 0 spiro atoms. The van der Waals surface area contributed by atoms with E-state index in [0.29, 0.717) is 11.5 Å². The van der Waals surface area contributed by atoms with Crippen molar-refractivity contribution in [2.75, 3.05) is 5.32 Å². The molecule has 1 heterocycles. The molecule has 0 bridgehead atoms. The number of halogens is 3. The molecule has 7 heteroatoms. The Balaban J connectivity index is 2.12. The van der Waals surface area contributed by atoms with Gasteiger partial charge in [0, 0.05) is 6.07 Å². The Morgan fingerprint density at radius 1 is 1.35 bits per heavy atom. The lowest BCUT2D eigenvalue weighted by molar-refractivity contribution is -0.137. The van der Waals surface area contributed by atoms with Crippen molar-refractivity contribution in [1.82, 2.24) is 5.16 Å². The van der Waals surface area contributed by atoms with Crippen LogP contribution in [0.5, 0.6) is 0 Å². The standard InChI is InChI=1S/C13H11F3N2O2/c1-8-6-9(18-20-8)7-12(19)17-11-5-3-2-4-10(11)13(14,15)16/h2-6H,7H2,1H3,(H,17,19). The lowest BCUT2D eigenvalue weighted by Crippen LogP contribution is -2.18. The van der Waals surface area contributed by atoms with E-state index >= 15 is 0 Å². The number of amides is 1. The number of rotatable bonds is 3. The van der Waals surface area contributed by atoms with Crippen LogP contribution in [0.2, 0.25) is 0 Å². The zero-order valence-electron chi connectivity index (χ0n) is 10.5. The number of aromatic nitrogens is 1. The van der Waals surface area contributed by atoms with Gasteiger partial charge >= 0.3 is 6.18 Å². The molecule has 1 aromatic carbocycles. The first kappa shape index (κ1) is 14.1. The summed E-state index contributed by atoms with van der Waals surface area (Å²) in [6, 6.07) is 6.35. The first-order valence-corrected chi connectivity index (χ1v) is 5.74. The summed E-state index contributed by atoms with van der Waals surface area (Å²) in [4.78, 5) is 11.7. The number of anilines is 1. The number of nitrogens with one attached hydrogen (secondary N) is 1. The molecule has 0 fully saturated rings. The molecule has 1 amide bonds. The van der Waals surface area contributed by atoms with Crippen molar-refractivity contribution in [3.8, 4) is 0 Å². The summed E-state index contributed by atoms with van der Waals surface area (Å²) in [6.07, 6.45) is -4.67. The van der Waals surface area contributed by atoms with E-state index < -0.39 is 17.6 Å². The number of para-hydroxylation sites is 1. The maximum Gasteiger partial charge on any atom is 0.418 e. The van der Waals surface area contributed by atoms with Crippen LogP contribution in [0.25, 0.3) is 0 Å². The molecule has 0 saturated heterocycles. The Hall–Kier alpha value is -2.31. The van der Waals surface area contributed by atoms with Crippen LogP contribution in [0.1, 0.15) is 17.0 Å². The average molecular weight is 284 g/mol. The highest BCUT2D eigenvalue weighted by atomic mass is 19.4. The first-order chi connectivity index (χ1) is 9.36. The topological polar surface area (TPSA) is 55.1 Å². The van der Waals surface area contributed by atoms with Crippen molar-refractivity contribution < 1.29 is 22.5 Å². The lowest BCUT2D eigenvalue weighted by atomic mass is 10.1. The van der Waals surface area contributed by atoms with Crippen molar-refractivity contribution in [3.05, 3.63) is 47.3 Å². The normalized spacial score (nSPS) is 11.4. The van der Waals surface area contributed by atoms with Gasteiger partial charge in [0.05, 0.1) is 23.4 Å². The minimum atomic E-state index is -4.52. The first-order valence-electron chi connectivity index (χ1n) is 5.74. The predicted octanol–water partition coefficient (Wildman–Crippen LogP) is 3.18. The number of alkyl halides is 3. The van der Waals surface area contributed by atoms with Gasteiger partial charge in [-0.15, -0.1) is 0 Å². The van der Waals surface area contributed by atoms with Crippen molar-refractivity contribution >= 4 is 11.6 Å². The lowest BCUT2D eigenvalue weighted by Gasteiger charge is -2.13. The highest BCUT2D eigenvalue weighted by molar-refractivity contribution is 5.92. The summed E-state index contributed by atoms with van der Waals surface area (Å²) < 4.78 is 43.0. The number of hydrogen-bond donors (Lipinski definition) is 1. The van der Waals surface area contributed by atoms with Crippen LogP contribution in [0.3, 0.4) is 0 Å². The minimum Gasteiger partial charge on any atom is -0.361 e. The van der Waals surface area contributed by atoms with Gasteiger partial charge in [0.25, 0.3) is 0 Å². The van der Waals surface area contributed by atoms with Crippen molar-refractivity contribution in [2.24, 2.45) is 0 Å². The molecule has 0 aliphatic rings. The van der Waals surface area contributed by atoms with Gasteiger partial charge in [0.1, 0.15) is 5.76 Å². The van der Waals surface area contributed by atoms with Crippen LogP contribution in [0.15, 0.2) is 34.9 Å². The van der Waals surface area contributed by atoms with E-state index in [2.05, 4.69) is 10.5 Å². The van der Waals surface area contributed by atoms with Crippen LogP contribution in [0, 0.1) is 6.92 Å². The third-order valence-corrected chi connectivity index (χ3v) is 2.52. The highest BCUT2D eigenvalue weighted by Crippen LogP contribution is 2.34. The fourth-order valence-electron chi connectivity index (χ4n) is 1.70. The van der Waals surface area contributed by atoms with Gasteiger partial charge in [0.15, 0.2) is 0 Å². The largest absolute Gasteiger partial charge is 0.418 e. The Morgan fingerprint density at radius 3 is 2.65 bits per heavy atom. The Morgan fingerprint density at radius 2 is 2.05 bits per heavy atom. The van der Waals surface area contributed by atoms with Crippen LogP contribution in [0.4, 0.5) is 18.9 Å². The second-order valence-corrected chi connectivity index (χ2v) is 4.20. The summed E-state index contributed by atoms with van der Waals surface area (Å²) in [6.45, 7) is 1.66. The molecule has 106 valence electrons. The molecule has 0 radical (unpaired) electrons. The molecule has 2 rings (SSSR count). The van der Waals surface area contributed by atoms with Gasteiger partial charge in [-0.2, -0.15) is 13.2 Å². The zero-order valence-corrected chi connectivity index (χ0v) is 10.5. The van der Waals surface area contributed by atoms with E-state index in [4.69, 9.17) is 4.52 Å². The van der Waals surface area contributed by atoms with Gasteiger partial charge in [0.2, 0.25) is 5.91 Å². The number of benzene rings is 1. The van der Waals surface area contributed by atoms with E-state index in [9.17, 15) is 18.0 Å². The van der Waals surface area contributed by atoms with E-state index in [1.165, 1.54) is 18.2 Å². The molecule has 0 saturated carbocycles. The molecule has 4 nitrogen and oxygen atoms in total. The van der Waals surface area contributed by atoms with E-state index in [0.717, 1.165) is 6.07 Å². The number of aryl methyl sites for hydroxylation is 1. The van der Waals surface area contributed by atoms with Crippen molar-refractivity contribution in [1.29, 1.82) is 0 Å². The zero-order chi connectivity index (χ0) is 14.8. The average Bonchev–Trinajstić information content (AvgIpc) is 2.73. The van der Waals surface area contributed by atoms with Crippen molar-refractivity contribution in [3.63, 3.8) is 0 Å². The Labute approximate surface area is 112 Å². The second-order valence-electron chi connectivity index (χ2n) is 4.20. The fourth-order valence-corrected chi connectivity index (χ4v) is 1.70. The third-order valence-electron chi connectivity index (χ3n) is 2.52.